The van der Waals surface area contributed by atoms with E-state index < -0.39 is 24.0 Å². The van der Waals surface area contributed by atoms with Crippen molar-refractivity contribution in [3.63, 3.8) is 0 Å². The maximum absolute atomic E-state index is 12.7. The molecule has 0 N–H and O–H groups in total. The molecule has 2 amide bonds. The summed E-state index contributed by atoms with van der Waals surface area (Å²) in [5.74, 6) is -1.49. The molecule has 26 heavy (non-hydrogen) atoms. The smallest absolute Gasteiger partial charge is 0.304 e. The van der Waals surface area contributed by atoms with Crippen molar-refractivity contribution in [3.05, 3.63) is 70.8 Å². The van der Waals surface area contributed by atoms with Gasteiger partial charge in [0.25, 0.3) is 11.8 Å². The minimum absolute atomic E-state index is 0.0367. The molecule has 5 heteroatoms. The first-order valence-corrected chi connectivity index (χ1v) is 8.45. The molecule has 1 heterocycles. The molecule has 0 saturated heterocycles. The van der Waals surface area contributed by atoms with Gasteiger partial charge in [-0.2, -0.15) is 0 Å². The summed E-state index contributed by atoms with van der Waals surface area (Å²) in [7, 11) is 0. The van der Waals surface area contributed by atoms with Crippen LogP contribution in [0.5, 0.6) is 0 Å². The fourth-order valence-electron chi connectivity index (χ4n) is 3.00. The van der Waals surface area contributed by atoms with Crippen LogP contribution in [0.3, 0.4) is 0 Å². The molecule has 3 rings (SSSR count). The van der Waals surface area contributed by atoms with Crippen molar-refractivity contribution < 1.29 is 19.1 Å². The monoisotopic (exact) mass is 351 g/mol. The van der Waals surface area contributed by atoms with Gasteiger partial charge in [0.2, 0.25) is 6.23 Å². The van der Waals surface area contributed by atoms with Gasteiger partial charge in [0, 0.05) is 12.5 Å². The Morgan fingerprint density at radius 3 is 1.85 bits per heavy atom. The zero-order valence-electron chi connectivity index (χ0n) is 15.3. The Hall–Kier alpha value is -2.95. The second-order valence-electron chi connectivity index (χ2n) is 7.36. The average molecular weight is 351 g/mol. The first-order valence-electron chi connectivity index (χ1n) is 8.45. The molecule has 0 radical (unpaired) electrons. The van der Waals surface area contributed by atoms with Crippen LogP contribution in [0.1, 0.15) is 65.8 Å². The number of hydrogen-bond acceptors (Lipinski definition) is 4. The Morgan fingerprint density at radius 1 is 0.923 bits per heavy atom. The molecule has 134 valence electrons. The third kappa shape index (κ3) is 3.12. The van der Waals surface area contributed by atoms with Crippen molar-refractivity contribution in [1.29, 1.82) is 0 Å². The lowest BCUT2D eigenvalue weighted by molar-refractivity contribution is -0.152. The molecule has 0 spiro atoms. The number of esters is 1. The minimum atomic E-state index is -1.09. The second kappa shape index (κ2) is 6.41. The topological polar surface area (TPSA) is 63.7 Å². The van der Waals surface area contributed by atoms with Crippen LogP contribution in [0, 0.1) is 0 Å². The molecule has 0 bridgehead atoms. The minimum Gasteiger partial charge on any atom is -0.437 e. The third-order valence-electron chi connectivity index (χ3n) is 4.40. The van der Waals surface area contributed by atoms with E-state index in [-0.39, 0.29) is 5.41 Å². The van der Waals surface area contributed by atoms with Crippen LogP contribution in [-0.4, -0.2) is 22.7 Å². The highest BCUT2D eigenvalue weighted by atomic mass is 16.6. The molecule has 5 nitrogen and oxygen atoms in total. The number of imide groups is 1. The van der Waals surface area contributed by atoms with Gasteiger partial charge in [-0.3, -0.25) is 14.4 Å². The molecule has 0 saturated carbocycles. The number of ether oxygens (including phenoxy) is 1. The van der Waals surface area contributed by atoms with Crippen LogP contribution in [0.4, 0.5) is 0 Å². The summed E-state index contributed by atoms with van der Waals surface area (Å²) in [6.07, 6.45) is -1.09. The Kier molecular flexibility index (Phi) is 4.40. The van der Waals surface area contributed by atoms with Crippen molar-refractivity contribution in [2.45, 2.75) is 39.3 Å². The molecule has 0 fully saturated rings. The highest BCUT2D eigenvalue weighted by Crippen LogP contribution is 2.33. The van der Waals surface area contributed by atoms with Crippen LogP contribution in [0.25, 0.3) is 0 Å². The van der Waals surface area contributed by atoms with Gasteiger partial charge in [-0.25, -0.2) is 4.90 Å². The van der Waals surface area contributed by atoms with Gasteiger partial charge in [-0.05, 0) is 23.1 Å². The summed E-state index contributed by atoms with van der Waals surface area (Å²) in [4.78, 5) is 38.1. The van der Waals surface area contributed by atoms with Gasteiger partial charge < -0.3 is 4.74 Å². The van der Waals surface area contributed by atoms with Gasteiger partial charge in [0.15, 0.2) is 0 Å². The Labute approximate surface area is 152 Å². The first kappa shape index (κ1) is 17.9. The molecule has 0 aliphatic carbocycles. The van der Waals surface area contributed by atoms with Crippen molar-refractivity contribution >= 4 is 17.8 Å². The summed E-state index contributed by atoms with van der Waals surface area (Å²) < 4.78 is 5.36. The molecular formula is C21H21NO4. The van der Waals surface area contributed by atoms with Crippen LogP contribution in [-0.2, 0) is 14.9 Å². The van der Waals surface area contributed by atoms with Crippen molar-refractivity contribution in [1.82, 2.24) is 4.90 Å². The van der Waals surface area contributed by atoms with Gasteiger partial charge in [0.05, 0.1) is 11.1 Å². The molecule has 2 aromatic rings. The summed E-state index contributed by atoms with van der Waals surface area (Å²) in [5.41, 5.74) is 2.28. The molecule has 2 aromatic carbocycles. The van der Waals surface area contributed by atoms with Gasteiger partial charge >= 0.3 is 5.97 Å². The van der Waals surface area contributed by atoms with Crippen molar-refractivity contribution in [2.24, 2.45) is 0 Å². The van der Waals surface area contributed by atoms with Crippen molar-refractivity contribution in [2.75, 3.05) is 0 Å². The molecule has 0 aromatic heterocycles. The van der Waals surface area contributed by atoms with Gasteiger partial charge in [-0.1, -0.05) is 57.2 Å². The van der Waals surface area contributed by atoms with Gasteiger partial charge in [-0.15, -0.1) is 0 Å². The van der Waals surface area contributed by atoms with E-state index in [0.717, 1.165) is 10.5 Å². The fourth-order valence-corrected chi connectivity index (χ4v) is 3.00. The van der Waals surface area contributed by atoms with E-state index in [1.54, 1.807) is 36.4 Å². The number of benzene rings is 2. The molecule has 1 aliphatic rings. The van der Waals surface area contributed by atoms with Crippen LogP contribution >= 0.6 is 0 Å². The molecule has 1 aliphatic heterocycles. The van der Waals surface area contributed by atoms with Crippen molar-refractivity contribution in [3.8, 4) is 0 Å². The van der Waals surface area contributed by atoms with E-state index in [0.29, 0.717) is 16.7 Å². The summed E-state index contributed by atoms with van der Waals surface area (Å²) in [5, 5.41) is 0. The predicted octanol–water partition coefficient (Wildman–Crippen LogP) is 3.84. The highest BCUT2D eigenvalue weighted by molar-refractivity contribution is 6.21. The number of hydrogen-bond donors (Lipinski definition) is 0. The summed E-state index contributed by atoms with van der Waals surface area (Å²) in [6, 6.07) is 14.0. The number of fused-ring (bicyclic) bond motifs is 1. The number of carbonyl (C=O) groups excluding carboxylic acids is 3. The normalized spacial score (nSPS) is 15.0. The number of rotatable bonds is 3. The molecule has 1 unspecified atom stereocenters. The van der Waals surface area contributed by atoms with E-state index >= 15 is 0 Å². The van der Waals surface area contributed by atoms with E-state index in [4.69, 9.17) is 4.74 Å². The lowest BCUT2D eigenvalue weighted by atomic mass is 9.86. The molecule has 1 atom stereocenters. The predicted molar refractivity (Wildman–Crippen MR) is 96.6 cm³/mol. The largest absolute Gasteiger partial charge is 0.437 e. The second-order valence-corrected chi connectivity index (χ2v) is 7.36. The lowest BCUT2D eigenvalue weighted by Crippen LogP contribution is -2.36. The Bertz CT molecular complexity index is 843. The van der Waals surface area contributed by atoms with Gasteiger partial charge in [0.1, 0.15) is 0 Å². The zero-order chi connectivity index (χ0) is 19.1. The highest BCUT2D eigenvalue weighted by Gasteiger charge is 2.42. The fraction of sp³-hybridized carbons (Fsp3) is 0.286. The average Bonchev–Trinajstić information content (AvgIpc) is 2.84. The lowest BCUT2D eigenvalue weighted by Gasteiger charge is -2.27. The summed E-state index contributed by atoms with van der Waals surface area (Å²) >= 11 is 0. The first-order chi connectivity index (χ1) is 12.2. The van der Waals surface area contributed by atoms with E-state index in [1.165, 1.54) is 6.92 Å². The number of carbonyl (C=O) groups is 3. The maximum atomic E-state index is 12.7. The summed E-state index contributed by atoms with van der Waals surface area (Å²) in [6.45, 7) is 7.54. The van der Waals surface area contributed by atoms with E-state index in [2.05, 4.69) is 20.8 Å². The zero-order valence-corrected chi connectivity index (χ0v) is 15.3. The van der Waals surface area contributed by atoms with Crippen LogP contribution in [0.15, 0.2) is 48.5 Å². The molecular weight excluding hydrogens is 330 g/mol. The standard InChI is InChI=1S/C21H21NO4/c1-13(23)26-20(14-9-11-15(12-10-14)21(2,3)4)22-18(24)16-7-5-6-8-17(16)19(22)25/h5-12,20H,1-4H3. The number of nitrogens with zero attached hydrogens (tertiary/aromatic N) is 1. The Balaban J connectivity index is 2.01. The van der Waals surface area contributed by atoms with E-state index in [1.807, 2.05) is 12.1 Å². The van der Waals surface area contributed by atoms with Crippen LogP contribution in [0.2, 0.25) is 0 Å². The van der Waals surface area contributed by atoms with E-state index in [9.17, 15) is 14.4 Å². The van der Waals surface area contributed by atoms with Crippen LogP contribution < -0.4 is 0 Å². The third-order valence-corrected chi connectivity index (χ3v) is 4.40. The maximum Gasteiger partial charge on any atom is 0.304 e. The quantitative estimate of drug-likeness (QED) is 0.622. The Morgan fingerprint density at radius 2 is 1.42 bits per heavy atom. The number of amides is 2. The SMILES string of the molecule is CC(=O)OC(c1ccc(C(C)(C)C)cc1)N1C(=O)c2ccccc2C1=O.